The van der Waals surface area contributed by atoms with E-state index in [9.17, 15) is 0 Å². The van der Waals surface area contributed by atoms with Gasteiger partial charge in [0.05, 0.1) is 5.52 Å². The molecule has 0 aliphatic rings. The summed E-state index contributed by atoms with van der Waals surface area (Å²) in [5.74, 6) is 1.87. The van der Waals surface area contributed by atoms with E-state index in [1.165, 1.54) is 6.33 Å². The molecule has 0 saturated carbocycles. The first-order valence-corrected chi connectivity index (χ1v) is 8.90. The molecule has 8 heteroatoms. The summed E-state index contributed by atoms with van der Waals surface area (Å²) in [5, 5.41) is 9.01. The Kier molecular flexibility index (Phi) is 4.68. The lowest BCUT2D eigenvalue weighted by molar-refractivity contribution is 0.336. The van der Waals surface area contributed by atoms with Crippen LogP contribution >= 0.6 is 11.6 Å². The molecular formula is C19H17ClN6O. The summed E-state index contributed by atoms with van der Waals surface area (Å²) in [6.07, 6.45) is 4.91. The van der Waals surface area contributed by atoms with Gasteiger partial charge in [-0.1, -0.05) is 30.6 Å². The smallest absolute Gasteiger partial charge is 0.249 e. The van der Waals surface area contributed by atoms with Crippen LogP contribution < -0.4 is 5.32 Å². The maximum absolute atomic E-state index is 6.06. The fourth-order valence-electron chi connectivity index (χ4n) is 2.78. The number of halogens is 1. The van der Waals surface area contributed by atoms with Crippen LogP contribution in [0.5, 0.6) is 0 Å². The summed E-state index contributed by atoms with van der Waals surface area (Å²) in [4.78, 5) is 17.3. The van der Waals surface area contributed by atoms with Crippen molar-refractivity contribution in [3.8, 4) is 11.4 Å². The second kappa shape index (κ2) is 7.28. The van der Waals surface area contributed by atoms with E-state index in [0.717, 1.165) is 16.5 Å². The SMILES string of the molecule is CC(C)C(Nc1ncnc2cc(Cl)ccc12)c1nc(-c2cccnc2)no1. The first kappa shape index (κ1) is 17.4. The van der Waals surface area contributed by atoms with Crippen molar-refractivity contribution in [2.75, 3.05) is 5.32 Å². The first-order chi connectivity index (χ1) is 13.1. The number of fused-ring (bicyclic) bond motifs is 1. The second-order valence-electron chi connectivity index (χ2n) is 6.45. The minimum atomic E-state index is -0.211. The fraction of sp³-hybridized carbons (Fsp3) is 0.211. The summed E-state index contributed by atoms with van der Waals surface area (Å²) in [6, 6.07) is 9.03. The zero-order valence-electron chi connectivity index (χ0n) is 14.8. The molecule has 0 amide bonds. The van der Waals surface area contributed by atoms with Gasteiger partial charge in [0.2, 0.25) is 11.7 Å². The fourth-order valence-corrected chi connectivity index (χ4v) is 2.95. The zero-order chi connectivity index (χ0) is 18.8. The third-order valence-corrected chi connectivity index (χ3v) is 4.42. The number of hydrogen-bond donors (Lipinski definition) is 1. The van der Waals surface area contributed by atoms with Gasteiger partial charge in [-0.25, -0.2) is 9.97 Å². The van der Waals surface area contributed by atoms with Crippen LogP contribution in [0.15, 0.2) is 53.6 Å². The van der Waals surface area contributed by atoms with Gasteiger partial charge in [0.15, 0.2) is 0 Å². The molecule has 0 radical (unpaired) electrons. The monoisotopic (exact) mass is 380 g/mol. The topological polar surface area (TPSA) is 89.6 Å². The van der Waals surface area contributed by atoms with Gasteiger partial charge in [0, 0.05) is 28.4 Å². The van der Waals surface area contributed by atoms with Crippen LogP contribution in [0.25, 0.3) is 22.3 Å². The van der Waals surface area contributed by atoms with Crippen molar-refractivity contribution in [2.24, 2.45) is 5.92 Å². The molecule has 3 aromatic heterocycles. The van der Waals surface area contributed by atoms with E-state index in [-0.39, 0.29) is 12.0 Å². The quantitative estimate of drug-likeness (QED) is 0.543. The summed E-state index contributed by atoms with van der Waals surface area (Å²) < 4.78 is 5.53. The van der Waals surface area contributed by atoms with Crippen LogP contribution in [-0.2, 0) is 0 Å². The Morgan fingerprint density at radius 1 is 1.15 bits per heavy atom. The third-order valence-electron chi connectivity index (χ3n) is 4.18. The summed E-state index contributed by atoms with van der Waals surface area (Å²) in [7, 11) is 0. The Morgan fingerprint density at radius 3 is 2.81 bits per heavy atom. The second-order valence-corrected chi connectivity index (χ2v) is 6.88. The van der Waals surface area contributed by atoms with Gasteiger partial charge >= 0.3 is 0 Å². The molecule has 1 N–H and O–H groups in total. The molecule has 136 valence electrons. The average Bonchev–Trinajstić information content (AvgIpc) is 3.16. The predicted octanol–water partition coefficient (Wildman–Crippen LogP) is 4.54. The molecule has 0 spiro atoms. The van der Waals surface area contributed by atoms with Crippen molar-refractivity contribution in [3.05, 3.63) is 60.0 Å². The van der Waals surface area contributed by atoms with E-state index in [2.05, 4.69) is 44.3 Å². The lowest BCUT2D eigenvalue weighted by atomic mass is 10.0. The van der Waals surface area contributed by atoms with E-state index < -0.39 is 0 Å². The number of pyridine rings is 1. The third kappa shape index (κ3) is 3.59. The normalized spacial score (nSPS) is 12.4. The largest absolute Gasteiger partial charge is 0.358 e. The Labute approximate surface area is 160 Å². The number of hydrogen-bond acceptors (Lipinski definition) is 7. The van der Waals surface area contributed by atoms with Crippen molar-refractivity contribution in [3.63, 3.8) is 0 Å². The number of benzene rings is 1. The molecular weight excluding hydrogens is 364 g/mol. The number of nitrogens with one attached hydrogen (secondary N) is 1. The van der Waals surface area contributed by atoms with Gasteiger partial charge in [0.25, 0.3) is 0 Å². The van der Waals surface area contributed by atoms with E-state index in [4.69, 9.17) is 16.1 Å². The summed E-state index contributed by atoms with van der Waals surface area (Å²) in [5.41, 5.74) is 1.57. The standard InChI is InChI=1S/C19H17ClN6O/c1-11(2)16(19-25-17(26-27-19)12-4-3-7-21-9-12)24-18-14-6-5-13(20)8-15(14)22-10-23-18/h3-11,16H,1-2H3,(H,22,23,24). The van der Waals surface area contributed by atoms with E-state index in [0.29, 0.717) is 22.6 Å². The number of nitrogens with zero attached hydrogens (tertiary/aromatic N) is 5. The molecule has 0 bridgehead atoms. The number of rotatable bonds is 5. The van der Waals surface area contributed by atoms with E-state index >= 15 is 0 Å². The maximum atomic E-state index is 6.06. The maximum Gasteiger partial charge on any atom is 0.249 e. The van der Waals surface area contributed by atoms with Crippen LogP contribution in [0, 0.1) is 5.92 Å². The van der Waals surface area contributed by atoms with Crippen molar-refractivity contribution >= 4 is 28.3 Å². The molecule has 27 heavy (non-hydrogen) atoms. The molecule has 0 fully saturated rings. The van der Waals surface area contributed by atoms with Crippen molar-refractivity contribution < 1.29 is 4.52 Å². The van der Waals surface area contributed by atoms with Crippen LogP contribution in [0.3, 0.4) is 0 Å². The Bertz CT molecular complexity index is 1070. The lowest BCUT2D eigenvalue weighted by Gasteiger charge is -2.19. The molecule has 4 rings (SSSR count). The van der Waals surface area contributed by atoms with Gasteiger partial charge in [0.1, 0.15) is 18.2 Å². The van der Waals surface area contributed by atoms with Crippen molar-refractivity contribution in [1.82, 2.24) is 25.1 Å². The molecule has 1 unspecified atom stereocenters. The van der Waals surface area contributed by atoms with Crippen LogP contribution in [-0.4, -0.2) is 25.1 Å². The Hall–Kier alpha value is -3.06. The molecule has 0 aliphatic heterocycles. The van der Waals surface area contributed by atoms with Crippen molar-refractivity contribution in [2.45, 2.75) is 19.9 Å². The van der Waals surface area contributed by atoms with Crippen LogP contribution in [0.4, 0.5) is 5.82 Å². The Morgan fingerprint density at radius 2 is 2.04 bits per heavy atom. The van der Waals surface area contributed by atoms with Crippen molar-refractivity contribution in [1.29, 1.82) is 0 Å². The van der Waals surface area contributed by atoms with Crippen LogP contribution in [0.2, 0.25) is 5.02 Å². The number of aromatic nitrogens is 5. The van der Waals surface area contributed by atoms with Gasteiger partial charge in [-0.3, -0.25) is 4.98 Å². The van der Waals surface area contributed by atoms with Gasteiger partial charge in [-0.2, -0.15) is 4.98 Å². The predicted molar refractivity (Wildman–Crippen MR) is 103 cm³/mol. The highest BCUT2D eigenvalue weighted by molar-refractivity contribution is 6.31. The summed E-state index contributed by atoms with van der Waals surface area (Å²) >= 11 is 6.06. The molecule has 0 saturated heterocycles. The highest BCUT2D eigenvalue weighted by Gasteiger charge is 2.24. The number of anilines is 1. The Balaban J connectivity index is 1.68. The van der Waals surface area contributed by atoms with Gasteiger partial charge < -0.3 is 9.84 Å². The van der Waals surface area contributed by atoms with Gasteiger partial charge in [-0.15, -0.1) is 0 Å². The molecule has 3 heterocycles. The van der Waals surface area contributed by atoms with Crippen LogP contribution in [0.1, 0.15) is 25.8 Å². The average molecular weight is 381 g/mol. The molecule has 7 nitrogen and oxygen atoms in total. The minimum absolute atomic E-state index is 0.185. The first-order valence-electron chi connectivity index (χ1n) is 8.52. The zero-order valence-corrected chi connectivity index (χ0v) is 15.6. The molecule has 0 aliphatic carbocycles. The molecule has 1 atom stereocenters. The highest BCUT2D eigenvalue weighted by Crippen LogP contribution is 2.30. The van der Waals surface area contributed by atoms with E-state index in [1.54, 1.807) is 18.5 Å². The molecule has 4 aromatic rings. The van der Waals surface area contributed by atoms with Gasteiger partial charge in [-0.05, 0) is 36.2 Å². The minimum Gasteiger partial charge on any atom is -0.358 e. The summed E-state index contributed by atoms with van der Waals surface area (Å²) in [6.45, 7) is 4.15. The lowest BCUT2D eigenvalue weighted by Crippen LogP contribution is -2.18. The molecule has 1 aromatic carbocycles. The highest BCUT2D eigenvalue weighted by atomic mass is 35.5. The van der Waals surface area contributed by atoms with E-state index in [1.807, 2.05) is 24.3 Å².